The average Bonchev–Trinajstić information content (AvgIpc) is 3.04. The number of anilines is 1. The molecule has 2 aromatic heterocycles. The molecule has 1 unspecified atom stereocenters. The van der Waals surface area contributed by atoms with E-state index in [2.05, 4.69) is 15.5 Å². The molecule has 2 rings (SSSR count). The quantitative estimate of drug-likeness (QED) is 0.943. The molecule has 0 saturated carbocycles. The highest BCUT2D eigenvalue weighted by atomic mass is 19.4. The van der Waals surface area contributed by atoms with Gasteiger partial charge in [0, 0.05) is 18.8 Å². The summed E-state index contributed by atoms with van der Waals surface area (Å²) in [5, 5.41) is 10.2. The highest BCUT2D eigenvalue weighted by Gasteiger charge is 2.34. The van der Waals surface area contributed by atoms with Crippen molar-refractivity contribution in [2.45, 2.75) is 39.5 Å². The van der Waals surface area contributed by atoms with Gasteiger partial charge in [0.25, 0.3) is 0 Å². The lowest BCUT2D eigenvalue weighted by molar-refractivity contribution is -0.141. The molecule has 0 saturated heterocycles. The van der Waals surface area contributed by atoms with Gasteiger partial charge in [0.15, 0.2) is 5.69 Å². The van der Waals surface area contributed by atoms with Crippen LogP contribution in [0.1, 0.15) is 31.3 Å². The van der Waals surface area contributed by atoms with E-state index in [9.17, 15) is 18.0 Å². The fraction of sp³-hybridized carbons (Fsp3) is 0.462. The molecule has 0 radical (unpaired) electrons. The van der Waals surface area contributed by atoms with Gasteiger partial charge in [0.05, 0.1) is 5.69 Å². The lowest BCUT2D eigenvalue weighted by Gasteiger charge is -2.13. The zero-order valence-corrected chi connectivity index (χ0v) is 12.3. The van der Waals surface area contributed by atoms with Gasteiger partial charge in [0.2, 0.25) is 5.91 Å². The number of carbonyl (C=O) groups is 1. The van der Waals surface area contributed by atoms with Crippen LogP contribution in [0.25, 0.3) is 0 Å². The number of aromatic nitrogens is 4. The van der Waals surface area contributed by atoms with E-state index in [-0.39, 0.29) is 0 Å². The van der Waals surface area contributed by atoms with E-state index in [1.165, 1.54) is 6.92 Å². The van der Waals surface area contributed by atoms with E-state index in [0.29, 0.717) is 12.4 Å². The Hall–Kier alpha value is -2.32. The van der Waals surface area contributed by atoms with Gasteiger partial charge in [-0.3, -0.25) is 9.48 Å². The van der Waals surface area contributed by atoms with Crippen molar-refractivity contribution < 1.29 is 18.0 Å². The van der Waals surface area contributed by atoms with Crippen molar-refractivity contribution >= 4 is 11.7 Å². The van der Waals surface area contributed by atoms with Gasteiger partial charge in [-0.1, -0.05) is 0 Å². The molecule has 0 aromatic carbocycles. The van der Waals surface area contributed by atoms with Crippen LogP contribution in [0.4, 0.5) is 19.0 Å². The fourth-order valence-corrected chi connectivity index (χ4v) is 1.94. The molecular formula is C13H16F3N5O. The van der Waals surface area contributed by atoms with Crippen LogP contribution < -0.4 is 5.32 Å². The summed E-state index contributed by atoms with van der Waals surface area (Å²) >= 11 is 0. The van der Waals surface area contributed by atoms with E-state index in [1.54, 1.807) is 17.7 Å². The first-order valence-corrected chi connectivity index (χ1v) is 6.70. The Kier molecular flexibility index (Phi) is 4.25. The number of aryl methyl sites for hydroxylation is 2. The van der Waals surface area contributed by atoms with Gasteiger partial charge in [0.1, 0.15) is 11.9 Å². The van der Waals surface area contributed by atoms with Gasteiger partial charge in [-0.25, -0.2) is 4.68 Å². The van der Waals surface area contributed by atoms with Crippen molar-refractivity contribution in [3.05, 3.63) is 29.7 Å². The van der Waals surface area contributed by atoms with Crippen LogP contribution in [-0.4, -0.2) is 25.5 Å². The molecule has 0 aliphatic rings. The van der Waals surface area contributed by atoms with Crippen LogP contribution in [0.5, 0.6) is 0 Å². The van der Waals surface area contributed by atoms with Gasteiger partial charge < -0.3 is 5.32 Å². The number of nitrogens with one attached hydrogen (secondary N) is 1. The van der Waals surface area contributed by atoms with Crippen molar-refractivity contribution in [1.82, 2.24) is 19.6 Å². The van der Waals surface area contributed by atoms with Crippen LogP contribution in [0.2, 0.25) is 0 Å². The van der Waals surface area contributed by atoms with Crippen LogP contribution in [0.15, 0.2) is 18.3 Å². The van der Waals surface area contributed by atoms with Crippen molar-refractivity contribution in [2.75, 3.05) is 5.32 Å². The third kappa shape index (κ3) is 3.29. The summed E-state index contributed by atoms with van der Waals surface area (Å²) in [7, 11) is 0. The number of nitrogens with zero attached hydrogens (tertiary/aromatic N) is 4. The molecule has 1 amide bonds. The molecule has 2 heterocycles. The monoisotopic (exact) mass is 315 g/mol. The van der Waals surface area contributed by atoms with E-state index < -0.39 is 23.8 Å². The summed E-state index contributed by atoms with van der Waals surface area (Å²) in [4.78, 5) is 12.2. The molecular weight excluding hydrogens is 299 g/mol. The largest absolute Gasteiger partial charge is 0.435 e. The van der Waals surface area contributed by atoms with Crippen LogP contribution in [-0.2, 0) is 17.5 Å². The zero-order chi connectivity index (χ0) is 16.5. The van der Waals surface area contributed by atoms with Gasteiger partial charge >= 0.3 is 6.18 Å². The highest BCUT2D eigenvalue weighted by Crippen LogP contribution is 2.28. The highest BCUT2D eigenvalue weighted by molar-refractivity contribution is 5.92. The van der Waals surface area contributed by atoms with Crippen molar-refractivity contribution in [3.63, 3.8) is 0 Å². The number of alkyl halides is 3. The molecule has 9 heteroatoms. The van der Waals surface area contributed by atoms with E-state index in [4.69, 9.17) is 0 Å². The second kappa shape index (κ2) is 5.82. The first-order valence-electron chi connectivity index (χ1n) is 6.70. The second-order valence-electron chi connectivity index (χ2n) is 4.83. The van der Waals surface area contributed by atoms with Gasteiger partial charge in [-0.05, 0) is 26.8 Å². The topological polar surface area (TPSA) is 64.7 Å². The predicted molar refractivity (Wildman–Crippen MR) is 73.2 cm³/mol. The van der Waals surface area contributed by atoms with Crippen LogP contribution in [0, 0.1) is 6.92 Å². The summed E-state index contributed by atoms with van der Waals surface area (Å²) in [5.74, 6) is 0.0338. The molecule has 0 aliphatic heterocycles. The zero-order valence-electron chi connectivity index (χ0n) is 12.3. The molecule has 0 aliphatic carbocycles. The molecule has 22 heavy (non-hydrogen) atoms. The molecule has 1 atom stereocenters. The van der Waals surface area contributed by atoms with Gasteiger partial charge in [-0.2, -0.15) is 23.4 Å². The lowest BCUT2D eigenvalue weighted by atomic mass is 10.3. The Morgan fingerprint density at radius 3 is 2.64 bits per heavy atom. The number of amides is 1. The van der Waals surface area contributed by atoms with Crippen molar-refractivity contribution in [3.8, 4) is 0 Å². The van der Waals surface area contributed by atoms with E-state index in [1.807, 2.05) is 6.92 Å². The molecule has 0 bridgehead atoms. The minimum Gasteiger partial charge on any atom is -0.309 e. The van der Waals surface area contributed by atoms with Crippen LogP contribution in [0.3, 0.4) is 0 Å². The Morgan fingerprint density at radius 2 is 2.09 bits per heavy atom. The SMILES string of the molecule is CCn1nc(C)cc1NC(=O)C(C)n1ccc(C(F)(F)F)n1. The van der Waals surface area contributed by atoms with Crippen molar-refractivity contribution in [2.24, 2.45) is 0 Å². The molecule has 6 nitrogen and oxygen atoms in total. The predicted octanol–water partition coefficient (Wildman–Crippen LogP) is 2.63. The Bertz CT molecular complexity index is 674. The standard InChI is InChI=1S/C13H16F3N5O/c1-4-20-11(7-8(2)18-20)17-12(22)9(3)21-6-5-10(19-21)13(14,15)16/h5-7,9H,4H2,1-3H3,(H,17,22). The third-order valence-corrected chi connectivity index (χ3v) is 3.13. The van der Waals surface area contributed by atoms with Crippen molar-refractivity contribution in [1.29, 1.82) is 0 Å². The Morgan fingerprint density at radius 1 is 1.41 bits per heavy atom. The van der Waals surface area contributed by atoms with E-state index >= 15 is 0 Å². The lowest BCUT2D eigenvalue weighted by Crippen LogP contribution is -2.25. The molecule has 120 valence electrons. The number of hydrogen-bond donors (Lipinski definition) is 1. The minimum absolute atomic E-state index is 0.466. The number of carbonyl (C=O) groups excluding carboxylic acids is 1. The van der Waals surface area contributed by atoms with Crippen LogP contribution >= 0.6 is 0 Å². The minimum atomic E-state index is -4.53. The maximum absolute atomic E-state index is 12.5. The summed E-state index contributed by atoms with van der Waals surface area (Å²) in [6, 6.07) is 1.65. The molecule has 1 N–H and O–H groups in total. The maximum atomic E-state index is 12.5. The summed E-state index contributed by atoms with van der Waals surface area (Å²) < 4.78 is 40.2. The first kappa shape index (κ1) is 16.1. The normalized spacial score (nSPS) is 13.2. The second-order valence-corrected chi connectivity index (χ2v) is 4.83. The maximum Gasteiger partial charge on any atom is 0.435 e. The Labute approximate surface area is 124 Å². The Balaban J connectivity index is 2.13. The third-order valence-electron chi connectivity index (χ3n) is 3.13. The average molecular weight is 315 g/mol. The fourth-order valence-electron chi connectivity index (χ4n) is 1.94. The molecule has 0 spiro atoms. The number of halogens is 3. The molecule has 2 aromatic rings. The first-order chi connectivity index (χ1) is 10.2. The summed E-state index contributed by atoms with van der Waals surface area (Å²) in [6.07, 6.45) is -3.39. The van der Waals surface area contributed by atoms with E-state index in [0.717, 1.165) is 22.6 Å². The molecule has 0 fully saturated rings. The number of hydrogen-bond acceptors (Lipinski definition) is 3. The van der Waals surface area contributed by atoms with Gasteiger partial charge in [-0.15, -0.1) is 0 Å². The summed E-state index contributed by atoms with van der Waals surface area (Å²) in [5.41, 5.74) is -0.287. The summed E-state index contributed by atoms with van der Waals surface area (Å²) in [6.45, 7) is 5.70. The number of rotatable bonds is 4. The smallest absolute Gasteiger partial charge is 0.309 e.